The molecule has 2 heterocycles. The van der Waals surface area contributed by atoms with Crippen molar-refractivity contribution < 1.29 is 5.11 Å². The van der Waals surface area contributed by atoms with Gasteiger partial charge in [0.2, 0.25) is 0 Å². The van der Waals surface area contributed by atoms with E-state index in [2.05, 4.69) is 40.4 Å². The summed E-state index contributed by atoms with van der Waals surface area (Å²) in [6.07, 6.45) is 0.882. The molecular formula is C15H16N4O. The van der Waals surface area contributed by atoms with Crippen molar-refractivity contribution in [2.24, 2.45) is 10.7 Å². The number of guanidine groups is 1. The minimum absolute atomic E-state index is 0.263. The monoisotopic (exact) mass is 268 g/mol. The van der Waals surface area contributed by atoms with Crippen LogP contribution in [0.4, 0.5) is 0 Å². The van der Waals surface area contributed by atoms with Gasteiger partial charge in [0.15, 0.2) is 12.2 Å². The van der Waals surface area contributed by atoms with Crippen molar-refractivity contribution in [3.63, 3.8) is 0 Å². The van der Waals surface area contributed by atoms with Gasteiger partial charge in [-0.05, 0) is 37.5 Å². The van der Waals surface area contributed by atoms with Crippen LogP contribution in [-0.4, -0.2) is 22.3 Å². The molecule has 1 aromatic heterocycles. The summed E-state index contributed by atoms with van der Waals surface area (Å²) in [4.78, 5) is 7.42. The minimum atomic E-state index is -0.826. The van der Waals surface area contributed by atoms with Gasteiger partial charge in [0.25, 0.3) is 0 Å². The molecule has 1 unspecified atom stereocenters. The van der Waals surface area contributed by atoms with Gasteiger partial charge in [0.05, 0.1) is 11.4 Å². The second-order valence-corrected chi connectivity index (χ2v) is 5.44. The van der Waals surface area contributed by atoms with E-state index in [1.165, 1.54) is 16.5 Å². The smallest absolute Gasteiger partial charge is 0.196 e. The van der Waals surface area contributed by atoms with E-state index < -0.39 is 6.23 Å². The fraction of sp³-hybridized carbons (Fsp3) is 0.267. The van der Waals surface area contributed by atoms with Crippen molar-refractivity contribution >= 4 is 22.6 Å². The number of nitrogens with zero attached hydrogens (tertiary/aromatic N) is 1. The molecule has 4 rings (SSSR count). The number of aliphatic hydroxyl groups excluding tert-OH is 1. The van der Waals surface area contributed by atoms with Gasteiger partial charge in [-0.25, -0.2) is 4.99 Å². The topological polar surface area (TPSA) is 86.4 Å². The number of aromatic nitrogens is 1. The molecule has 0 fully saturated rings. The van der Waals surface area contributed by atoms with Crippen LogP contribution in [0.1, 0.15) is 23.2 Å². The third-order valence-corrected chi connectivity index (χ3v) is 4.10. The van der Waals surface area contributed by atoms with E-state index in [1.54, 1.807) is 0 Å². The summed E-state index contributed by atoms with van der Waals surface area (Å²) in [5, 5.41) is 14.4. The highest BCUT2D eigenvalue weighted by atomic mass is 16.3. The first-order valence-corrected chi connectivity index (χ1v) is 6.76. The van der Waals surface area contributed by atoms with Crippen LogP contribution in [0.5, 0.6) is 0 Å². The summed E-state index contributed by atoms with van der Waals surface area (Å²) in [6.45, 7) is 2.10. The average Bonchev–Trinajstić information content (AvgIpc) is 2.77. The lowest BCUT2D eigenvalue weighted by molar-refractivity contribution is 0.214. The Bertz CT molecular complexity index is 785. The van der Waals surface area contributed by atoms with Gasteiger partial charge < -0.3 is 21.1 Å². The second kappa shape index (κ2) is 3.86. The zero-order chi connectivity index (χ0) is 13.9. The Hall–Kier alpha value is -2.27. The molecule has 0 amide bonds. The van der Waals surface area contributed by atoms with Crippen LogP contribution >= 0.6 is 0 Å². The Morgan fingerprint density at radius 1 is 1.35 bits per heavy atom. The van der Waals surface area contributed by atoms with E-state index in [1.807, 2.05) is 0 Å². The molecule has 20 heavy (non-hydrogen) atoms. The third-order valence-electron chi connectivity index (χ3n) is 4.10. The number of benzene rings is 1. The number of aryl methyl sites for hydroxylation is 2. The van der Waals surface area contributed by atoms with Crippen molar-refractivity contribution in [1.82, 2.24) is 10.3 Å². The van der Waals surface area contributed by atoms with Gasteiger partial charge >= 0.3 is 0 Å². The molecule has 1 aromatic carbocycles. The summed E-state index contributed by atoms with van der Waals surface area (Å²) in [7, 11) is 0. The van der Waals surface area contributed by atoms with Crippen LogP contribution < -0.4 is 11.1 Å². The van der Waals surface area contributed by atoms with E-state index in [9.17, 15) is 5.11 Å². The fourth-order valence-electron chi connectivity index (χ4n) is 3.15. The fourth-order valence-corrected chi connectivity index (χ4v) is 3.15. The summed E-state index contributed by atoms with van der Waals surface area (Å²) in [5.41, 5.74) is 12.2. The van der Waals surface area contributed by atoms with Gasteiger partial charge in [-0.3, -0.25) is 0 Å². The largest absolute Gasteiger partial charge is 0.370 e. The van der Waals surface area contributed by atoms with E-state index in [0.717, 1.165) is 35.3 Å². The van der Waals surface area contributed by atoms with E-state index in [4.69, 9.17) is 5.73 Å². The predicted molar refractivity (Wildman–Crippen MR) is 79.0 cm³/mol. The van der Waals surface area contributed by atoms with Gasteiger partial charge in [-0.1, -0.05) is 11.6 Å². The Kier molecular flexibility index (Phi) is 2.23. The molecule has 1 aliphatic carbocycles. The van der Waals surface area contributed by atoms with Crippen molar-refractivity contribution in [2.75, 3.05) is 0 Å². The van der Waals surface area contributed by atoms with Crippen LogP contribution in [0.3, 0.4) is 0 Å². The SMILES string of the molecule is Cc1ccc2[nH]c3c(c2c1)CCC1=C3NC(N)=NC1O. The Morgan fingerprint density at radius 2 is 2.20 bits per heavy atom. The van der Waals surface area contributed by atoms with E-state index >= 15 is 0 Å². The highest BCUT2D eigenvalue weighted by Crippen LogP contribution is 2.37. The van der Waals surface area contributed by atoms with Gasteiger partial charge in [0, 0.05) is 16.5 Å². The summed E-state index contributed by atoms with van der Waals surface area (Å²) >= 11 is 0. The Balaban J connectivity index is 1.96. The summed E-state index contributed by atoms with van der Waals surface area (Å²) in [5.74, 6) is 0.263. The van der Waals surface area contributed by atoms with Crippen molar-refractivity contribution in [3.05, 3.63) is 40.6 Å². The lowest BCUT2D eigenvalue weighted by atomic mass is 9.91. The highest BCUT2D eigenvalue weighted by molar-refractivity contribution is 5.96. The van der Waals surface area contributed by atoms with Crippen LogP contribution in [0.2, 0.25) is 0 Å². The lowest BCUT2D eigenvalue weighted by Gasteiger charge is -2.27. The lowest BCUT2D eigenvalue weighted by Crippen LogP contribution is -2.39. The maximum Gasteiger partial charge on any atom is 0.196 e. The molecule has 5 nitrogen and oxygen atoms in total. The highest BCUT2D eigenvalue weighted by Gasteiger charge is 2.29. The minimum Gasteiger partial charge on any atom is -0.370 e. The molecule has 1 aliphatic heterocycles. The summed E-state index contributed by atoms with van der Waals surface area (Å²) < 4.78 is 0. The Labute approximate surface area is 116 Å². The quantitative estimate of drug-likeness (QED) is 0.582. The first-order valence-electron chi connectivity index (χ1n) is 6.76. The number of hydrogen-bond acceptors (Lipinski definition) is 4. The molecule has 102 valence electrons. The number of rotatable bonds is 0. The van der Waals surface area contributed by atoms with Crippen molar-refractivity contribution in [2.45, 2.75) is 26.0 Å². The molecule has 0 bridgehead atoms. The molecule has 5 N–H and O–H groups in total. The molecule has 5 heteroatoms. The van der Waals surface area contributed by atoms with Crippen LogP contribution in [0.25, 0.3) is 16.6 Å². The normalized spacial score (nSPS) is 21.3. The van der Waals surface area contributed by atoms with Crippen molar-refractivity contribution in [1.29, 1.82) is 0 Å². The molecule has 1 atom stereocenters. The molecule has 0 saturated heterocycles. The maximum absolute atomic E-state index is 10.0. The third kappa shape index (κ3) is 1.50. The number of aliphatic imine (C=N–C) groups is 1. The second-order valence-electron chi connectivity index (χ2n) is 5.44. The van der Waals surface area contributed by atoms with Gasteiger partial charge in [-0.15, -0.1) is 0 Å². The predicted octanol–water partition coefficient (Wildman–Crippen LogP) is 1.37. The number of hydrogen-bond donors (Lipinski definition) is 4. The number of aromatic amines is 1. The first-order chi connectivity index (χ1) is 9.63. The molecule has 0 radical (unpaired) electrons. The maximum atomic E-state index is 10.0. The molecule has 0 saturated carbocycles. The number of nitrogens with one attached hydrogen (secondary N) is 2. The van der Waals surface area contributed by atoms with Crippen LogP contribution in [-0.2, 0) is 6.42 Å². The number of nitrogens with two attached hydrogens (primary N) is 1. The van der Waals surface area contributed by atoms with Gasteiger partial charge in [0.1, 0.15) is 0 Å². The Morgan fingerprint density at radius 3 is 3.05 bits per heavy atom. The average molecular weight is 268 g/mol. The molecule has 2 aliphatic rings. The van der Waals surface area contributed by atoms with Crippen LogP contribution in [0.15, 0.2) is 28.8 Å². The van der Waals surface area contributed by atoms with E-state index in [-0.39, 0.29) is 5.96 Å². The first kappa shape index (κ1) is 11.5. The number of H-pyrrole nitrogens is 1. The zero-order valence-electron chi connectivity index (χ0n) is 11.2. The molecule has 2 aromatic rings. The van der Waals surface area contributed by atoms with Crippen molar-refractivity contribution in [3.8, 4) is 0 Å². The number of aliphatic hydroxyl groups is 1. The zero-order valence-corrected chi connectivity index (χ0v) is 11.2. The van der Waals surface area contributed by atoms with Crippen LogP contribution in [0, 0.1) is 6.92 Å². The molecular weight excluding hydrogens is 252 g/mol. The van der Waals surface area contributed by atoms with Gasteiger partial charge in [-0.2, -0.15) is 0 Å². The number of fused-ring (bicyclic) bond motifs is 4. The summed E-state index contributed by atoms with van der Waals surface area (Å²) in [6, 6.07) is 6.39. The molecule has 0 spiro atoms. The standard InChI is InChI=1S/C15H16N4O/c1-7-2-5-11-10(6-7)8-3-4-9-13(12(8)17-11)18-15(16)19-14(9)20/h2,5-6,14,17,20H,3-4H2,1H3,(H3,16,18,19). The van der Waals surface area contributed by atoms with E-state index in [0.29, 0.717) is 0 Å².